The summed E-state index contributed by atoms with van der Waals surface area (Å²) in [6.45, 7) is 8.81. The molecule has 0 bridgehead atoms. The Bertz CT molecular complexity index is 1250. The Kier molecular flexibility index (Phi) is 7.13. The first-order valence-electron chi connectivity index (χ1n) is 11.0. The fourth-order valence-corrected chi connectivity index (χ4v) is 5.57. The zero-order valence-electron chi connectivity index (χ0n) is 19.2. The number of anilines is 1. The lowest BCUT2D eigenvalue weighted by atomic mass is 10.1. The van der Waals surface area contributed by atoms with Crippen molar-refractivity contribution in [2.75, 3.05) is 50.5 Å². The van der Waals surface area contributed by atoms with E-state index in [1.54, 1.807) is 17.0 Å². The number of rotatable bonds is 7. The van der Waals surface area contributed by atoms with E-state index >= 15 is 0 Å². The van der Waals surface area contributed by atoms with Crippen molar-refractivity contribution in [2.45, 2.75) is 25.2 Å². The topological polar surface area (TPSA) is 79.8 Å². The molecule has 2 heterocycles. The van der Waals surface area contributed by atoms with Gasteiger partial charge in [0.05, 0.1) is 28.3 Å². The van der Waals surface area contributed by atoms with E-state index in [4.69, 9.17) is 9.72 Å². The highest BCUT2D eigenvalue weighted by Crippen LogP contribution is 2.33. The smallest absolute Gasteiger partial charge is 0.260 e. The van der Waals surface area contributed by atoms with Crippen LogP contribution in [0.2, 0.25) is 0 Å². The Morgan fingerprint density at radius 3 is 2.48 bits per heavy atom. The fraction of sp³-hybridized carbons (Fsp3) is 0.417. The molecule has 176 valence electrons. The third-order valence-electron chi connectivity index (χ3n) is 6.04. The number of fused-ring (bicyclic) bond motifs is 1. The summed E-state index contributed by atoms with van der Waals surface area (Å²) in [4.78, 5) is 22.6. The minimum atomic E-state index is -3.32. The van der Waals surface area contributed by atoms with Crippen LogP contribution in [-0.4, -0.2) is 69.9 Å². The van der Waals surface area contributed by atoms with Crippen LogP contribution in [0.15, 0.2) is 41.3 Å². The molecule has 1 amide bonds. The van der Waals surface area contributed by atoms with Crippen LogP contribution in [0.1, 0.15) is 27.9 Å². The highest BCUT2D eigenvalue weighted by Gasteiger charge is 2.23. The van der Waals surface area contributed by atoms with E-state index < -0.39 is 9.84 Å². The quantitative estimate of drug-likeness (QED) is 0.506. The number of carbonyl (C=O) groups is 1. The third-order valence-corrected chi connectivity index (χ3v) is 8.21. The molecule has 0 aliphatic carbocycles. The van der Waals surface area contributed by atoms with E-state index in [1.165, 1.54) is 29.0 Å². The van der Waals surface area contributed by atoms with Gasteiger partial charge in [-0.25, -0.2) is 13.4 Å². The lowest BCUT2D eigenvalue weighted by molar-refractivity contribution is 0.0376. The van der Waals surface area contributed by atoms with Gasteiger partial charge in [-0.05, 0) is 61.7 Å². The van der Waals surface area contributed by atoms with Crippen molar-refractivity contribution in [3.05, 3.63) is 53.1 Å². The second kappa shape index (κ2) is 9.89. The minimum Gasteiger partial charge on any atom is -0.379 e. The van der Waals surface area contributed by atoms with Gasteiger partial charge in [0.1, 0.15) is 0 Å². The van der Waals surface area contributed by atoms with Crippen molar-refractivity contribution in [3.8, 4) is 0 Å². The average molecular weight is 488 g/mol. The first-order chi connectivity index (χ1) is 15.7. The van der Waals surface area contributed by atoms with Crippen LogP contribution in [0, 0.1) is 13.8 Å². The van der Waals surface area contributed by atoms with Crippen molar-refractivity contribution in [1.29, 1.82) is 0 Å². The molecule has 0 atom stereocenters. The van der Waals surface area contributed by atoms with Crippen molar-refractivity contribution in [1.82, 2.24) is 9.88 Å². The average Bonchev–Trinajstić information content (AvgIpc) is 3.24. The largest absolute Gasteiger partial charge is 0.379 e. The van der Waals surface area contributed by atoms with E-state index in [1.807, 2.05) is 0 Å². The van der Waals surface area contributed by atoms with Crippen LogP contribution in [0.25, 0.3) is 10.2 Å². The molecule has 1 fully saturated rings. The first-order valence-corrected chi connectivity index (χ1v) is 13.7. The van der Waals surface area contributed by atoms with Crippen LogP contribution >= 0.6 is 11.3 Å². The highest BCUT2D eigenvalue weighted by molar-refractivity contribution is 7.90. The molecule has 0 spiro atoms. The zero-order chi connectivity index (χ0) is 23.6. The summed E-state index contributed by atoms with van der Waals surface area (Å²) >= 11 is 1.51. The summed E-state index contributed by atoms with van der Waals surface area (Å²) in [7, 11) is -3.32. The van der Waals surface area contributed by atoms with Crippen molar-refractivity contribution < 1.29 is 17.9 Å². The molecular formula is C24H29N3O4S2. The molecule has 1 saturated heterocycles. The molecule has 2 aromatic carbocycles. The molecule has 3 aromatic rings. The number of nitrogens with zero attached hydrogens (tertiary/aromatic N) is 3. The predicted molar refractivity (Wildman–Crippen MR) is 132 cm³/mol. The van der Waals surface area contributed by atoms with Crippen molar-refractivity contribution >= 4 is 42.4 Å². The van der Waals surface area contributed by atoms with Crippen LogP contribution in [0.5, 0.6) is 0 Å². The lowest BCUT2D eigenvalue weighted by Crippen LogP contribution is -2.39. The standard InChI is InChI=1S/C24H29N3O4S2/c1-17-5-10-21-22(18(17)2)25-24(32-21)27(12-4-11-26-13-15-31-16-14-26)23(28)19-6-8-20(9-7-19)33(3,29)30/h5-10H,4,11-16H2,1-3H3. The number of sulfone groups is 1. The van der Waals surface area contributed by atoms with Gasteiger partial charge in [-0.1, -0.05) is 17.4 Å². The second-order valence-electron chi connectivity index (χ2n) is 8.41. The summed E-state index contributed by atoms with van der Waals surface area (Å²) in [6.07, 6.45) is 1.97. The van der Waals surface area contributed by atoms with Gasteiger partial charge in [0.15, 0.2) is 15.0 Å². The van der Waals surface area contributed by atoms with Gasteiger partial charge in [0.2, 0.25) is 0 Å². The van der Waals surface area contributed by atoms with Crippen LogP contribution < -0.4 is 4.90 Å². The van der Waals surface area contributed by atoms with Crippen LogP contribution in [-0.2, 0) is 14.6 Å². The molecule has 1 aliphatic rings. The number of ether oxygens (including phenoxy) is 1. The zero-order valence-corrected chi connectivity index (χ0v) is 20.8. The number of aryl methyl sites for hydroxylation is 2. The Morgan fingerprint density at radius 2 is 1.82 bits per heavy atom. The summed E-state index contributed by atoms with van der Waals surface area (Å²) in [5, 5.41) is 0.665. The van der Waals surface area contributed by atoms with E-state index in [9.17, 15) is 13.2 Å². The fourth-order valence-electron chi connectivity index (χ4n) is 3.89. The van der Waals surface area contributed by atoms with E-state index in [0.717, 1.165) is 61.3 Å². The number of thiazole rings is 1. The maximum absolute atomic E-state index is 13.5. The Labute approximate surface area is 198 Å². The Balaban J connectivity index is 1.61. The normalized spacial score (nSPS) is 15.1. The molecule has 1 aromatic heterocycles. The number of benzene rings is 2. The summed E-state index contributed by atoms with van der Waals surface area (Å²) in [5.41, 5.74) is 3.66. The summed E-state index contributed by atoms with van der Waals surface area (Å²) in [6, 6.07) is 10.3. The molecule has 0 radical (unpaired) electrons. The lowest BCUT2D eigenvalue weighted by Gasteiger charge is -2.27. The summed E-state index contributed by atoms with van der Waals surface area (Å²) < 4.78 is 30.1. The SMILES string of the molecule is Cc1ccc2sc(N(CCCN3CCOCC3)C(=O)c3ccc(S(C)(=O)=O)cc3)nc2c1C. The highest BCUT2D eigenvalue weighted by atomic mass is 32.2. The maximum atomic E-state index is 13.5. The Hall–Kier alpha value is -2.33. The van der Waals surface area contributed by atoms with Crippen LogP contribution in [0.4, 0.5) is 5.13 Å². The molecule has 9 heteroatoms. The van der Waals surface area contributed by atoms with E-state index in [0.29, 0.717) is 17.2 Å². The predicted octanol–water partition coefficient (Wildman–Crippen LogP) is 3.69. The molecule has 7 nitrogen and oxygen atoms in total. The molecule has 0 saturated carbocycles. The van der Waals surface area contributed by atoms with Gasteiger partial charge in [-0.15, -0.1) is 0 Å². The molecular weight excluding hydrogens is 458 g/mol. The van der Waals surface area contributed by atoms with Crippen LogP contribution in [0.3, 0.4) is 0 Å². The van der Waals surface area contributed by atoms with Crippen molar-refractivity contribution in [3.63, 3.8) is 0 Å². The maximum Gasteiger partial charge on any atom is 0.260 e. The summed E-state index contributed by atoms with van der Waals surface area (Å²) in [5.74, 6) is -0.176. The van der Waals surface area contributed by atoms with Gasteiger partial charge >= 0.3 is 0 Å². The number of aromatic nitrogens is 1. The van der Waals surface area contributed by atoms with Gasteiger partial charge < -0.3 is 4.74 Å². The molecule has 33 heavy (non-hydrogen) atoms. The molecule has 0 unspecified atom stereocenters. The second-order valence-corrected chi connectivity index (χ2v) is 11.4. The van der Waals surface area contributed by atoms with E-state index in [-0.39, 0.29) is 10.8 Å². The molecule has 0 N–H and O–H groups in total. The number of hydrogen-bond acceptors (Lipinski definition) is 7. The number of amides is 1. The molecule has 4 rings (SSSR count). The first kappa shape index (κ1) is 23.8. The monoisotopic (exact) mass is 487 g/mol. The minimum absolute atomic E-state index is 0.176. The Morgan fingerprint density at radius 1 is 1.12 bits per heavy atom. The van der Waals surface area contributed by atoms with E-state index in [2.05, 4.69) is 30.9 Å². The van der Waals surface area contributed by atoms with Gasteiger partial charge in [0, 0.05) is 38.0 Å². The van der Waals surface area contributed by atoms with Gasteiger partial charge in [0.25, 0.3) is 5.91 Å². The van der Waals surface area contributed by atoms with Gasteiger partial charge in [-0.2, -0.15) is 0 Å². The van der Waals surface area contributed by atoms with Gasteiger partial charge in [-0.3, -0.25) is 14.6 Å². The number of carbonyl (C=O) groups excluding carboxylic acids is 1. The third kappa shape index (κ3) is 5.43. The number of hydrogen-bond donors (Lipinski definition) is 0. The number of morpholine rings is 1. The van der Waals surface area contributed by atoms with Crippen molar-refractivity contribution in [2.24, 2.45) is 0 Å². The molecule has 1 aliphatic heterocycles.